The maximum absolute atomic E-state index is 13.0. The van der Waals surface area contributed by atoms with Gasteiger partial charge in [-0.1, -0.05) is 30.7 Å². The van der Waals surface area contributed by atoms with Crippen molar-refractivity contribution in [1.82, 2.24) is 4.31 Å². The smallest absolute Gasteiger partial charge is 0.338 e. The topological polar surface area (TPSA) is 107 Å². The second kappa shape index (κ2) is 9.16. The minimum atomic E-state index is -3.81. The van der Waals surface area contributed by atoms with Gasteiger partial charge in [-0.3, -0.25) is 4.79 Å². The van der Waals surface area contributed by atoms with E-state index >= 15 is 0 Å². The van der Waals surface area contributed by atoms with Crippen molar-refractivity contribution in [2.24, 2.45) is 11.7 Å². The van der Waals surface area contributed by atoms with Gasteiger partial charge in [0.15, 0.2) is 0 Å². The van der Waals surface area contributed by atoms with Crippen LogP contribution < -0.4 is 5.73 Å². The van der Waals surface area contributed by atoms with Gasteiger partial charge < -0.3 is 10.5 Å². The first-order valence-electron chi connectivity index (χ1n) is 9.54. The maximum atomic E-state index is 13.0. The largest absolute Gasteiger partial charge is 0.457 e. The summed E-state index contributed by atoms with van der Waals surface area (Å²) in [7, 11) is -3.81. The molecule has 0 bridgehead atoms. The summed E-state index contributed by atoms with van der Waals surface area (Å²) in [6, 6.07) is 10.4. The fourth-order valence-corrected chi connectivity index (χ4v) is 5.43. The Morgan fingerprint density at radius 1 is 1.17 bits per heavy atom. The lowest BCUT2D eigenvalue weighted by molar-refractivity contribution is 0.0472. The number of benzene rings is 2. The quantitative estimate of drug-likeness (QED) is 0.680. The number of nitrogens with two attached hydrogens (primary N) is 1. The Morgan fingerprint density at radius 3 is 2.47 bits per heavy atom. The monoisotopic (exact) mass is 450 g/mol. The second-order valence-electron chi connectivity index (χ2n) is 7.39. The van der Waals surface area contributed by atoms with Crippen LogP contribution in [0, 0.1) is 5.92 Å². The molecule has 9 heteroatoms. The minimum absolute atomic E-state index is 0.0355. The van der Waals surface area contributed by atoms with Crippen LogP contribution in [0.4, 0.5) is 0 Å². The van der Waals surface area contributed by atoms with Gasteiger partial charge in [0.2, 0.25) is 15.9 Å². The number of amides is 1. The summed E-state index contributed by atoms with van der Waals surface area (Å²) >= 11 is 6.16. The predicted molar refractivity (Wildman–Crippen MR) is 113 cm³/mol. The van der Waals surface area contributed by atoms with Crippen LogP contribution >= 0.6 is 11.6 Å². The molecular formula is C21H23ClN2O5S. The third-order valence-electron chi connectivity index (χ3n) is 5.01. The van der Waals surface area contributed by atoms with Crippen molar-refractivity contribution < 1.29 is 22.7 Å². The molecule has 30 heavy (non-hydrogen) atoms. The summed E-state index contributed by atoms with van der Waals surface area (Å²) in [5.74, 6) is -0.952. The molecule has 7 nitrogen and oxygen atoms in total. The lowest BCUT2D eigenvalue weighted by atomic mass is 10.0. The first-order chi connectivity index (χ1) is 14.2. The van der Waals surface area contributed by atoms with Gasteiger partial charge in [-0.05, 0) is 54.7 Å². The Morgan fingerprint density at radius 2 is 1.83 bits per heavy atom. The highest BCUT2D eigenvalue weighted by Crippen LogP contribution is 2.29. The number of esters is 1. The van der Waals surface area contributed by atoms with Crippen LogP contribution in [0.5, 0.6) is 0 Å². The number of hydrogen-bond acceptors (Lipinski definition) is 5. The summed E-state index contributed by atoms with van der Waals surface area (Å²) in [4.78, 5) is 23.5. The van der Waals surface area contributed by atoms with E-state index in [2.05, 4.69) is 0 Å². The molecule has 1 atom stereocenters. The predicted octanol–water partition coefficient (Wildman–Crippen LogP) is 3.22. The number of sulfonamides is 1. The molecule has 0 radical (unpaired) electrons. The van der Waals surface area contributed by atoms with Gasteiger partial charge in [0, 0.05) is 18.7 Å². The van der Waals surface area contributed by atoms with E-state index in [1.807, 2.05) is 6.92 Å². The van der Waals surface area contributed by atoms with Crippen LogP contribution in [0.1, 0.15) is 46.0 Å². The van der Waals surface area contributed by atoms with Crippen LogP contribution in [0.15, 0.2) is 47.4 Å². The summed E-state index contributed by atoms with van der Waals surface area (Å²) in [5.41, 5.74) is 6.31. The molecule has 2 N–H and O–H groups in total. The van der Waals surface area contributed by atoms with E-state index in [0.29, 0.717) is 24.2 Å². The van der Waals surface area contributed by atoms with E-state index in [9.17, 15) is 18.0 Å². The first kappa shape index (κ1) is 22.3. The lowest BCUT2D eigenvalue weighted by Crippen LogP contribution is -2.39. The molecule has 0 aromatic heterocycles. The normalized spacial score (nSPS) is 17.5. The summed E-state index contributed by atoms with van der Waals surface area (Å²) < 4.78 is 32.8. The molecule has 2 aromatic carbocycles. The van der Waals surface area contributed by atoms with Gasteiger partial charge in [0.05, 0.1) is 10.6 Å². The SMILES string of the molecule is CC1CCCN(S(=O)(=O)c2cc(C(=O)OCc3ccc(C(N)=O)cc3)ccc2Cl)C1. The molecule has 1 unspecified atom stereocenters. The van der Waals surface area contributed by atoms with Crippen molar-refractivity contribution in [3.05, 3.63) is 64.2 Å². The Labute approximate surface area is 180 Å². The highest BCUT2D eigenvalue weighted by molar-refractivity contribution is 7.89. The number of halogens is 1. The average molecular weight is 451 g/mol. The van der Waals surface area contributed by atoms with E-state index < -0.39 is 21.9 Å². The summed E-state index contributed by atoms with van der Waals surface area (Å²) in [6.45, 7) is 2.83. The van der Waals surface area contributed by atoms with Crippen molar-refractivity contribution >= 4 is 33.5 Å². The molecule has 1 fully saturated rings. The van der Waals surface area contributed by atoms with Crippen molar-refractivity contribution in [2.75, 3.05) is 13.1 Å². The van der Waals surface area contributed by atoms with Gasteiger partial charge in [-0.2, -0.15) is 4.31 Å². The molecule has 1 aliphatic heterocycles. The number of rotatable bonds is 6. The molecular weight excluding hydrogens is 428 g/mol. The Kier molecular flexibility index (Phi) is 6.80. The molecule has 3 rings (SSSR count). The molecule has 1 aliphatic rings. The van der Waals surface area contributed by atoms with Crippen LogP contribution in [0.3, 0.4) is 0 Å². The van der Waals surface area contributed by atoms with Crippen LogP contribution in [0.2, 0.25) is 5.02 Å². The average Bonchev–Trinajstić information content (AvgIpc) is 2.72. The molecule has 0 spiro atoms. The van der Waals surface area contributed by atoms with Crippen molar-refractivity contribution in [2.45, 2.75) is 31.3 Å². The zero-order valence-electron chi connectivity index (χ0n) is 16.5. The Hall–Kier alpha value is -2.42. The lowest BCUT2D eigenvalue weighted by Gasteiger charge is -2.30. The molecule has 1 saturated heterocycles. The molecule has 160 valence electrons. The first-order valence-corrected chi connectivity index (χ1v) is 11.4. The number of ether oxygens (including phenoxy) is 1. The minimum Gasteiger partial charge on any atom is -0.457 e. The van der Waals surface area contributed by atoms with E-state index in [-0.39, 0.29) is 28.0 Å². The van der Waals surface area contributed by atoms with Gasteiger partial charge in [0.25, 0.3) is 0 Å². The van der Waals surface area contributed by atoms with Gasteiger partial charge in [-0.15, -0.1) is 0 Å². The number of nitrogens with zero attached hydrogens (tertiary/aromatic N) is 1. The highest BCUT2D eigenvalue weighted by atomic mass is 35.5. The Bertz CT molecular complexity index is 1050. The summed E-state index contributed by atoms with van der Waals surface area (Å²) in [6.07, 6.45) is 1.76. The number of carbonyl (C=O) groups excluding carboxylic acids is 2. The van der Waals surface area contributed by atoms with Gasteiger partial charge >= 0.3 is 5.97 Å². The second-order valence-corrected chi connectivity index (χ2v) is 9.71. The number of piperidine rings is 1. The van der Waals surface area contributed by atoms with Crippen LogP contribution in [-0.2, 0) is 21.4 Å². The van der Waals surface area contributed by atoms with E-state index in [0.717, 1.165) is 12.8 Å². The molecule has 0 aliphatic carbocycles. The van der Waals surface area contributed by atoms with Crippen LogP contribution in [-0.4, -0.2) is 37.7 Å². The highest BCUT2D eigenvalue weighted by Gasteiger charge is 2.31. The summed E-state index contributed by atoms with van der Waals surface area (Å²) in [5, 5.41) is 0.0619. The number of hydrogen-bond donors (Lipinski definition) is 1. The third-order valence-corrected chi connectivity index (χ3v) is 7.36. The van der Waals surface area contributed by atoms with Gasteiger partial charge in [-0.25, -0.2) is 13.2 Å². The molecule has 2 aromatic rings. The van der Waals surface area contributed by atoms with Crippen LogP contribution in [0.25, 0.3) is 0 Å². The fraction of sp³-hybridized carbons (Fsp3) is 0.333. The van der Waals surface area contributed by atoms with Crippen molar-refractivity contribution in [3.63, 3.8) is 0 Å². The van der Waals surface area contributed by atoms with E-state index in [4.69, 9.17) is 22.1 Å². The molecule has 1 heterocycles. The maximum Gasteiger partial charge on any atom is 0.338 e. The zero-order valence-corrected chi connectivity index (χ0v) is 18.1. The fourth-order valence-electron chi connectivity index (χ4n) is 3.33. The number of primary amides is 1. The molecule has 1 amide bonds. The third kappa shape index (κ3) is 5.00. The zero-order chi connectivity index (χ0) is 21.9. The van der Waals surface area contributed by atoms with Crippen molar-refractivity contribution in [1.29, 1.82) is 0 Å². The van der Waals surface area contributed by atoms with E-state index in [1.165, 1.54) is 34.6 Å². The Balaban J connectivity index is 1.75. The molecule has 0 saturated carbocycles. The van der Waals surface area contributed by atoms with Crippen molar-refractivity contribution in [3.8, 4) is 0 Å². The van der Waals surface area contributed by atoms with Gasteiger partial charge in [0.1, 0.15) is 11.5 Å². The number of carbonyl (C=O) groups is 2. The van der Waals surface area contributed by atoms with E-state index in [1.54, 1.807) is 12.1 Å². The standard InChI is InChI=1S/C21H23ClN2O5S/c1-14-3-2-10-24(12-14)30(27,28)19-11-17(8-9-18(19)22)21(26)29-13-15-4-6-16(7-5-15)20(23)25/h4-9,11,14H,2-3,10,12-13H2,1H3,(H2,23,25).